The third kappa shape index (κ3) is 6.36. The van der Waals surface area contributed by atoms with Crippen LogP contribution in [0.4, 0.5) is 0 Å². The Labute approximate surface area is 244 Å². The van der Waals surface area contributed by atoms with E-state index in [2.05, 4.69) is 49.1 Å². The molecule has 0 N–H and O–H groups in total. The van der Waals surface area contributed by atoms with Crippen molar-refractivity contribution in [2.45, 2.75) is 48.1 Å². The number of benzene rings is 1. The number of rotatable bonds is 5. The molecule has 3 aliphatic rings. The molecule has 213 valence electrons. The number of aromatic nitrogens is 1. The van der Waals surface area contributed by atoms with Crippen molar-refractivity contribution in [1.82, 2.24) is 14.4 Å². The van der Waals surface area contributed by atoms with Gasteiger partial charge in [0.15, 0.2) is 0 Å². The maximum absolute atomic E-state index is 13.0. The van der Waals surface area contributed by atoms with Crippen molar-refractivity contribution in [2.75, 3.05) is 26.2 Å². The van der Waals surface area contributed by atoms with E-state index in [0.717, 1.165) is 41.9 Å². The molecule has 2 heterocycles. The summed E-state index contributed by atoms with van der Waals surface area (Å²) in [6.07, 6.45) is 11.7. The van der Waals surface area contributed by atoms with Crippen molar-refractivity contribution in [3.05, 3.63) is 93.3 Å². The fourth-order valence-corrected chi connectivity index (χ4v) is 5.48. The lowest BCUT2D eigenvalue weighted by molar-refractivity contribution is -0.128. The van der Waals surface area contributed by atoms with Crippen LogP contribution in [0.1, 0.15) is 62.4 Å². The Hall–Kier alpha value is -3.95. The summed E-state index contributed by atoms with van der Waals surface area (Å²) in [5.74, 6) is -0.174. The number of piperazine rings is 1. The third-order valence-corrected chi connectivity index (χ3v) is 7.58. The van der Waals surface area contributed by atoms with E-state index in [-0.39, 0.29) is 22.5 Å². The van der Waals surface area contributed by atoms with Crippen LogP contribution in [-0.2, 0) is 18.4 Å². The number of pyridine rings is 1. The van der Waals surface area contributed by atoms with Crippen molar-refractivity contribution in [2.24, 2.45) is 12.5 Å². The van der Waals surface area contributed by atoms with Crippen LogP contribution in [-0.4, -0.2) is 46.5 Å². The van der Waals surface area contributed by atoms with Crippen molar-refractivity contribution in [3.8, 4) is 17.2 Å². The van der Waals surface area contributed by atoms with Crippen LogP contribution in [0.3, 0.4) is 0 Å². The van der Waals surface area contributed by atoms with Gasteiger partial charge in [-0.05, 0) is 57.9 Å². The highest BCUT2D eigenvalue weighted by atomic mass is 16.2. The molecule has 0 saturated carbocycles. The normalized spacial score (nSPS) is 16.5. The summed E-state index contributed by atoms with van der Waals surface area (Å²) in [5, 5.41) is 9.55. The highest BCUT2D eigenvalue weighted by Crippen LogP contribution is 2.40. The molecule has 2 aromatic rings. The standard InChI is InChI=1S/C33H35N4O2.C2H6/c1-21-7-10-26-30(21)29(19-35(6)32(26)39)24-15-22(2)28(27(16-24)23-8-9-23)20-36-11-13-37(14-12-36)31(38)25(18-34)17-33(3,4)5;1-2/h7-10,15-17,19H,1,11-14,20H2,2-6H3;1-2H3/b25-17+;. The quantitative estimate of drug-likeness (QED) is 0.330. The van der Waals surface area contributed by atoms with Crippen molar-refractivity contribution in [3.63, 3.8) is 0 Å². The number of fused-ring (bicyclic) bond motifs is 1. The van der Waals surface area contributed by atoms with E-state index in [0.29, 0.717) is 18.7 Å². The molecule has 5 rings (SSSR count). The lowest BCUT2D eigenvalue weighted by atomic mass is 9.90. The smallest absolute Gasteiger partial charge is 0.264 e. The zero-order chi connectivity index (χ0) is 30.1. The maximum Gasteiger partial charge on any atom is 0.264 e. The first-order valence-corrected chi connectivity index (χ1v) is 14.4. The van der Waals surface area contributed by atoms with Gasteiger partial charge >= 0.3 is 0 Å². The van der Waals surface area contributed by atoms with Gasteiger partial charge in [-0.3, -0.25) is 14.5 Å². The molecule has 0 atom stereocenters. The molecule has 6 heteroatoms. The van der Waals surface area contributed by atoms with E-state index in [9.17, 15) is 14.9 Å². The summed E-state index contributed by atoms with van der Waals surface area (Å²) >= 11 is 0. The largest absolute Gasteiger partial charge is 0.335 e. The number of carbonyl (C=O) groups is 1. The molecule has 0 bridgehead atoms. The monoisotopic (exact) mass is 549 g/mol. The molecule has 0 spiro atoms. The fourth-order valence-electron chi connectivity index (χ4n) is 5.48. The zero-order valence-electron chi connectivity index (χ0n) is 25.5. The van der Waals surface area contributed by atoms with Gasteiger partial charge in [0.2, 0.25) is 0 Å². The van der Waals surface area contributed by atoms with Crippen LogP contribution < -0.4 is 5.56 Å². The Bertz CT molecular complexity index is 1580. The van der Waals surface area contributed by atoms with E-state index in [4.69, 9.17) is 0 Å². The molecule has 0 unspecified atom stereocenters. The summed E-state index contributed by atoms with van der Waals surface area (Å²) in [4.78, 5) is 29.9. The molecule has 1 radical (unpaired) electrons. The van der Waals surface area contributed by atoms with Gasteiger partial charge in [0.05, 0.1) is 0 Å². The lowest BCUT2D eigenvalue weighted by Crippen LogP contribution is -2.48. The van der Waals surface area contributed by atoms with Crippen molar-refractivity contribution < 1.29 is 4.79 Å². The van der Waals surface area contributed by atoms with Crippen molar-refractivity contribution in [1.29, 1.82) is 5.26 Å². The molecule has 41 heavy (non-hydrogen) atoms. The highest BCUT2D eigenvalue weighted by Gasteiger charge is 2.27. The first-order chi connectivity index (χ1) is 19.5. The molecule has 1 aliphatic heterocycles. The van der Waals surface area contributed by atoms with Gasteiger partial charge in [-0.1, -0.05) is 65.5 Å². The van der Waals surface area contributed by atoms with Crippen LogP contribution in [0.2, 0.25) is 0 Å². The SMILES string of the molecule is C=C1C=Cc2c1c(-c1cc(C)c(CN3CCN(C(=O)/C(C#N)=C/C(C)(C)C)CC3)c(C3=C[CH]3)c1)cn(C)c2=O.CC. The number of amides is 1. The average Bonchev–Trinajstić information content (AvgIpc) is 3.72. The first-order valence-electron chi connectivity index (χ1n) is 14.4. The fraction of sp³-hybridized carbons (Fsp3) is 0.371. The van der Waals surface area contributed by atoms with Gasteiger partial charge in [-0.25, -0.2) is 0 Å². The van der Waals surface area contributed by atoms with Gasteiger partial charge < -0.3 is 9.47 Å². The zero-order valence-corrected chi connectivity index (χ0v) is 25.5. The van der Waals surface area contributed by atoms with Gasteiger partial charge in [-0.15, -0.1) is 0 Å². The summed E-state index contributed by atoms with van der Waals surface area (Å²) in [6.45, 7) is 19.8. The third-order valence-electron chi connectivity index (χ3n) is 7.58. The van der Waals surface area contributed by atoms with E-state index >= 15 is 0 Å². The molecule has 1 amide bonds. The topological polar surface area (TPSA) is 69.3 Å². The summed E-state index contributed by atoms with van der Waals surface area (Å²) in [6, 6.07) is 6.55. The second kappa shape index (κ2) is 11.9. The molecule has 1 aromatic carbocycles. The van der Waals surface area contributed by atoms with Crippen molar-refractivity contribution >= 4 is 23.1 Å². The maximum atomic E-state index is 13.0. The minimum atomic E-state index is -0.227. The number of aryl methyl sites for hydroxylation is 2. The number of hydrogen-bond donors (Lipinski definition) is 0. The number of allylic oxidation sites excluding steroid dienone is 5. The van der Waals surface area contributed by atoms with E-state index in [1.54, 1.807) is 22.6 Å². The second-order valence-corrected chi connectivity index (χ2v) is 11.8. The second-order valence-electron chi connectivity index (χ2n) is 11.8. The van der Waals surface area contributed by atoms with Gasteiger partial charge in [0.25, 0.3) is 11.5 Å². The Kier molecular flexibility index (Phi) is 8.70. The lowest BCUT2D eigenvalue weighted by Gasteiger charge is -2.35. The Morgan fingerprint density at radius 1 is 1.10 bits per heavy atom. The minimum Gasteiger partial charge on any atom is -0.335 e. The molecule has 2 aliphatic carbocycles. The summed E-state index contributed by atoms with van der Waals surface area (Å²) in [5.41, 5.74) is 9.48. The number of carbonyl (C=O) groups excluding carboxylic acids is 1. The van der Waals surface area contributed by atoms with Crippen LogP contribution in [0.15, 0.2) is 53.5 Å². The van der Waals surface area contributed by atoms with Crippen LogP contribution >= 0.6 is 0 Å². The predicted octanol–water partition coefficient (Wildman–Crippen LogP) is 6.17. The Morgan fingerprint density at radius 2 is 1.76 bits per heavy atom. The van der Waals surface area contributed by atoms with Gasteiger partial charge in [0, 0.05) is 69.1 Å². The molecule has 6 nitrogen and oxygen atoms in total. The molecule has 1 aromatic heterocycles. The Balaban J connectivity index is 0.00000189. The first kappa shape index (κ1) is 30.0. The van der Waals surface area contributed by atoms with E-state index < -0.39 is 0 Å². The summed E-state index contributed by atoms with van der Waals surface area (Å²) < 4.78 is 1.65. The van der Waals surface area contributed by atoms with E-state index in [1.165, 1.54) is 22.3 Å². The van der Waals surface area contributed by atoms with E-state index in [1.807, 2.05) is 53.0 Å². The average molecular weight is 550 g/mol. The molecular weight excluding hydrogens is 508 g/mol. The predicted molar refractivity (Wildman–Crippen MR) is 169 cm³/mol. The van der Waals surface area contributed by atoms with Crippen LogP contribution in [0.25, 0.3) is 28.3 Å². The van der Waals surface area contributed by atoms with Crippen LogP contribution in [0.5, 0.6) is 0 Å². The number of nitrogens with zero attached hydrogens (tertiary/aromatic N) is 4. The Morgan fingerprint density at radius 3 is 2.34 bits per heavy atom. The minimum absolute atomic E-state index is 0.0103. The molecular formula is C35H41N4O2. The number of nitriles is 1. The number of hydrogen-bond acceptors (Lipinski definition) is 4. The molecule has 1 fully saturated rings. The summed E-state index contributed by atoms with van der Waals surface area (Å²) in [7, 11) is 1.79. The van der Waals surface area contributed by atoms with Crippen LogP contribution in [0, 0.1) is 30.1 Å². The van der Waals surface area contributed by atoms with Gasteiger partial charge in [0.1, 0.15) is 11.6 Å². The highest BCUT2D eigenvalue weighted by molar-refractivity contribution is 5.98. The molecule has 1 saturated heterocycles. The van der Waals surface area contributed by atoms with Gasteiger partial charge in [-0.2, -0.15) is 5.26 Å².